The number of fused-ring (bicyclic) bond motifs is 6. The SMILES string of the molecule is Cc1cc(N(c2ccccc2)c2ccc(-c3cccc4c3sc3ccccc34)cc2)c2ccc3c(C)cc(N(c4ccccc4)c4ccc(-c5cccc6c5sc5ccccc56)cc4)c4ccc1c2c34. The van der Waals surface area contributed by atoms with Gasteiger partial charge in [-0.25, -0.2) is 0 Å². The van der Waals surface area contributed by atoms with Crippen molar-refractivity contribution in [3.05, 3.63) is 242 Å². The predicted molar refractivity (Wildman–Crippen MR) is 306 cm³/mol. The Hall–Kier alpha value is -8.28. The molecule has 70 heavy (non-hydrogen) atoms. The Labute approximate surface area is 414 Å². The molecule has 0 saturated heterocycles. The highest BCUT2D eigenvalue weighted by Gasteiger charge is 2.24. The Morgan fingerprint density at radius 3 is 1.07 bits per heavy atom. The molecule has 330 valence electrons. The van der Waals surface area contributed by atoms with Gasteiger partial charge >= 0.3 is 0 Å². The van der Waals surface area contributed by atoms with Gasteiger partial charge < -0.3 is 9.80 Å². The van der Waals surface area contributed by atoms with Crippen molar-refractivity contribution in [3.63, 3.8) is 0 Å². The van der Waals surface area contributed by atoms with Crippen LogP contribution in [0.4, 0.5) is 34.1 Å². The first-order valence-electron chi connectivity index (χ1n) is 24.0. The van der Waals surface area contributed by atoms with Crippen LogP contribution in [0, 0.1) is 13.8 Å². The molecule has 0 bridgehead atoms. The molecule has 14 aromatic rings. The minimum atomic E-state index is 1.12. The third-order valence-electron chi connectivity index (χ3n) is 14.5. The Morgan fingerprint density at radius 1 is 0.286 bits per heavy atom. The first-order chi connectivity index (χ1) is 34.6. The smallest absolute Gasteiger partial charge is 0.0543 e. The number of anilines is 6. The van der Waals surface area contributed by atoms with E-state index in [9.17, 15) is 0 Å². The predicted octanol–water partition coefficient (Wildman–Crippen LogP) is 20.2. The number of thiophene rings is 2. The van der Waals surface area contributed by atoms with Gasteiger partial charge in [0.1, 0.15) is 0 Å². The standard InChI is InChI=1S/C66H44N2S2/c1-41-39-59(67(45-15-5-3-6-16-45)47-31-27-43(28-32-47)51-21-13-23-55-53-19-9-11-25-61(53)69-65(51)55)57-38-36-50-42(2)40-60(58-37-35-49(41)63(57)64(50)58)68(46-17-7-4-8-18-46)48-33-29-44(30-34-48)52-22-14-24-56-54-20-10-12-26-62(54)70-66(52)56/h3-40H,1-2H3. The van der Waals surface area contributed by atoms with Crippen LogP contribution in [0.1, 0.15) is 11.1 Å². The molecule has 0 atom stereocenters. The van der Waals surface area contributed by atoms with Crippen LogP contribution >= 0.6 is 22.7 Å². The molecule has 12 aromatic carbocycles. The molecule has 2 heterocycles. The molecule has 0 aliphatic heterocycles. The fourth-order valence-electron chi connectivity index (χ4n) is 11.2. The molecule has 2 nitrogen and oxygen atoms in total. The molecular formula is C66H44N2S2. The first-order valence-corrected chi connectivity index (χ1v) is 25.6. The molecule has 0 aliphatic rings. The second-order valence-electron chi connectivity index (χ2n) is 18.5. The van der Waals surface area contributed by atoms with Gasteiger partial charge in [-0.05, 0) is 142 Å². The van der Waals surface area contributed by atoms with Crippen molar-refractivity contribution in [2.45, 2.75) is 13.8 Å². The van der Waals surface area contributed by atoms with Crippen molar-refractivity contribution < 1.29 is 0 Å². The maximum absolute atomic E-state index is 2.45. The summed E-state index contributed by atoms with van der Waals surface area (Å²) in [5.74, 6) is 0. The average molecular weight is 929 g/mol. The number of benzene rings is 12. The van der Waals surface area contributed by atoms with Gasteiger partial charge in [0.25, 0.3) is 0 Å². The van der Waals surface area contributed by atoms with E-state index in [2.05, 4.69) is 254 Å². The fourth-order valence-corrected chi connectivity index (χ4v) is 13.7. The summed E-state index contributed by atoms with van der Waals surface area (Å²) in [5.41, 5.74) is 14.3. The van der Waals surface area contributed by atoms with Crippen molar-refractivity contribution in [2.24, 2.45) is 0 Å². The van der Waals surface area contributed by atoms with E-state index in [1.54, 1.807) is 0 Å². The molecule has 2 aromatic heterocycles. The zero-order valence-electron chi connectivity index (χ0n) is 38.7. The molecule has 0 spiro atoms. The molecular weight excluding hydrogens is 885 g/mol. The maximum Gasteiger partial charge on any atom is 0.0543 e. The van der Waals surface area contributed by atoms with Gasteiger partial charge in [-0.1, -0.05) is 158 Å². The lowest BCUT2D eigenvalue weighted by atomic mass is 9.88. The first kappa shape index (κ1) is 40.8. The zero-order chi connectivity index (χ0) is 46.5. The summed E-state index contributed by atoms with van der Waals surface area (Å²) < 4.78 is 5.31. The summed E-state index contributed by atoms with van der Waals surface area (Å²) in [6, 6.07) is 85.3. The van der Waals surface area contributed by atoms with E-state index in [1.165, 1.54) is 106 Å². The summed E-state index contributed by atoms with van der Waals surface area (Å²) in [4.78, 5) is 4.90. The van der Waals surface area contributed by atoms with E-state index >= 15 is 0 Å². The summed E-state index contributed by atoms with van der Waals surface area (Å²) >= 11 is 3.76. The highest BCUT2D eigenvalue weighted by Crippen LogP contribution is 2.50. The van der Waals surface area contributed by atoms with Crippen LogP contribution in [0.3, 0.4) is 0 Å². The van der Waals surface area contributed by atoms with E-state index in [-0.39, 0.29) is 0 Å². The van der Waals surface area contributed by atoms with Crippen LogP contribution in [-0.4, -0.2) is 0 Å². The van der Waals surface area contributed by atoms with Crippen molar-refractivity contribution in [3.8, 4) is 22.3 Å². The van der Waals surface area contributed by atoms with Gasteiger partial charge in [0.15, 0.2) is 0 Å². The summed E-state index contributed by atoms with van der Waals surface area (Å²) in [6.45, 7) is 4.55. The third kappa shape index (κ3) is 6.38. The number of hydrogen-bond donors (Lipinski definition) is 0. The van der Waals surface area contributed by atoms with Gasteiger partial charge in [0, 0.05) is 73.9 Å². The van der Waals surface area contributed by atoms with Crippen LogP contribution in [0.5, 0.6) is 0 Å². The third-order valence-corrected chi connectivity index (χ3v) is 16.9. The minimum absolute atomic E-state index is 1.12. The Kier molecular flexibility index (Phi) is 9.42. The zero-order valence-corrected chi connectivity index (χ0v) is 40.3. The van der Waals surface area contributed by atoms with Gasteiger partial charge in [-0.2, -0.15) is 0 Å². The molecule has 0 saturated carbocycles. The minimum Gasteiger partial charge on any atom is -0.310 e. The lowest BCUT2D eigenvalue weighted by Gasteiger charge is -2.30. The summed E-state index contributed by atoms with van der Waals surface area (Å²) in [7, 11) is 0. The van der Waals surface area contributed by atoms with Gasteiger partial charge in [0.05, 0.1) is 11.4 Å². The lowest BCUT2D eigenvalue weighted by molar-refractivity contribution is 1.29. The largest absolute Gasteiger partial charge is 0.310 e. The van der Waals surface area contributed by atoms with Crippen molar-refractivity contribution in [1.29, 1.82) is 0 Å². The molecule has 0 unspecified atom stereocenters. The molecule has 0 N–H and O–H groups in total. The lowest BCUT2D eigenvalue weighted by Crippen LogP contribution is -2.12. The van der Waals surface area contributed by atoms with E-state index in [1.807, 2.05) is 22.7 Å². The monoisotopic (exact) mass is 928 g/mol. The van der Waals surface area contributed by atoms with Gasteiger partial charge in [0.2, 0.25) is 0 Å². The maximum atomic E-state index is 2.45. The molecule has 0 aliphatic carbocycles. The number of hydrogen-bond acceptors (Lipinski definition) is 4. The van der Waals surface area contributed by atoms with E-state index in [4.69, 9.17) is 0 Å². The van der Waals surface area contributed by atoms with Gasteiger partial charge in [-0.3, -0.25) is 0 Å². The number of rotatable bonds is 8. The Balaban J connectivity index is 0.927. The second-order valence-corrected chi connectivity index (χ2v) is 20.6. The van der Waals surface area contributed by atoms with Crippen LogP contribution < -0.4 is 9.80 Å². The van der Waals surface area contributed by atoms with Gasteiger partial charge in [-0.15, -0.1) is 22.7 Å². The molecule has 0 amide bonds. The quantitative estimate of drug-likeness (QED) is 0.140. The Morgan fingerprint density at radius 2 is 0.643 bits per heavy atom. The topological polar surface area (TPSA) is 6.48 Å². The van der Waals surface area contributed by atoms with E-state index < -0.39 is 0 Å². The number of aryl methyl sites for hydroxylation is 2. The van der Waals surface area contributed by atoms with Crippen LogP contribution in [0.2, 0.25) is 0 Å². The van der Waals surface area contributed by atoms with Crippen molar-refractivity contribution in [2.75, 3.05) is 9.80 Å². The summed E-state index contributed by atoms with van der Waals surface area (Å²) in [6.07, 6.45) is 0. The Bertz CT molecular complexity index is 4020. The molecule has 0 fully saturated rings. The summed E-state index contributed by atoms with van der Waals surface area (Å²) in [5, 5.41) is 12.9. The second kappa shape index (κ2) is 16.2. The van der Waals surface area contributed by atoms with Crippen LogP contribution in [0.15, 0.2) is 231 Å². The van der Waals surface area contributed by atoms with Crippen molar-refractivity contribution >= 4 is 129 Å². The van der Waals surface area contributed by atoms with Crippen LogP contribution in [-0.2, 0) is 0 Å². The van der Waals surface area contributed by atoms with E-state index in [0.717, 1.165) is 34.1 Å². The number of para-hydroxylation sites is 2. The molecule has 4 heteroatoms. The number of nitrogens with zero attached hydrogens (tertiary/aromatic N) is 2. The van der Waals surface area contributed by atoms with Crippen molar-refractivity contribution in [1.82, 2.24) is 0 Å². The van der Waals surface area contributed by atoms with Crippen LogP contribution in [0.25, 0.3) is 94.9 Å². The normalized spacial score (nSPS) is 11.9. The highest BCUT2D eigenvalue weighted by atomic mass is 32.1. The molecule has 14 rings (SSSR count). The highest BCUT2D eigenvalue weighted by molar-refractivity contribution is 7.26. The average Bonchev–Trinajstić information content (AvgIpc) is 4.00. The fraction of sp³-hybridized carbons (Fsp3) is 0.0303. The van der Waals surface area contributed by atoms with E-state index in [0.29, 0.717) is 0 Å². The molecule has 0 radical (unpaired) electrons.